The molecule has 0 aliphatic rings. The second-order valence-corrected chi connectivity index (χ2v) is 30.7. The number of furan rings is 4. The molecular weight excluding hydrogens is 2410 g/mol. The van der Waals surface area contributed by atoms with E-state index < -0.39 is 20.6 Å². The fraction of sp³-hybridized carbons (Fsp3) is 0.0769. The zero-order chi connectivity index (χ0) is 98.7. The van der Waals surface area contributed by atoms with E-state index in [0.29, 0.717) is 22.9 Å². The van der Waals surface area contributed by atoms with E-state index in [4.69, 9.17) is 30.0 Å². The van der Waals surface area contributed by atoms with Gasteiger partial charge in [0.15, 0.2) is 0 Å². The summed E-state index contributed by atoms with van der Waals surface area (Å²) in [5.41, 5.74) is 27.1. The molecule has 24 rings (SSSR count). The van der Waals surface area contributed by atoms with Gasteiger partial charge in [-0.1, -0.05) is 164 Å². The summed E-state index contributed by atoms with van der Waals surface area (Å²) in [4.78, 5) is 51.7. The Kier molecular flexibility index (Phi) is 31.1. The summed E-state index contributed by atoms with van der Waals surface area (Å²) >= 11 is 0. The Balaban J connectivity index is 0.000000140. The molecule has 137 heavy (non-hydrogen) atoms. The monoisotopic (exact) mass is 2500 g/mol. The summed E-state index contributed by atoms with van der Waals surface area (Å²) in [7, 11) is 0. The molecule has 0 saturated heterocycles. The van der Waals surface area contributed by atoms with E-state index in [1.54, 1.807) is 67.3 Å². The molecule has 0 fully saturated rings. The second-order valence-electron chi connectivity index (χ2n) is 30.7. The van der Waals surface area contributed by atoms with Crippen LogP contribution in [-0.4, -0.2) is 59.8 Å². The molecule has 0 atom stereocenters. The minimum Gasteiger partial charge on any atom is -0.499 e. The van der Waals surface area contributed by atoms with Crippen LogP contribution < -0.4 is 0 Å². The number of aromatic nitrogens is 12. The number of benzene rings is 8. The van der Waals surface area contributed by atoms with Gasteiger partial charge < -0.3 is 67.5 Å². The van der Waals surface area contributed by atoms with Crippen LogP contribution in [0.3, 0.4) is 0 Å². The Labute approximate surface area is 861 Å². The second kappa shape index (κ2) is 48.5. The zero-order valence-electron chi connectivity index (χ0n) is 83.1. The first kappa shape index (κ1) is 87.7. The quantitative estimate of drug-likeness (QED) is 0.123. The van der Waals surface area contributed by atoms with Crippen LogP contribution in [0.25, 0.3) is 178 Å². The van der Waals surface area contributed by atoms with Crippen LogP contribution in [0.15, 0.2) is 389 Å². The molecule has 20 heteroatoms. The molecule has 0 saturated carbocycles. The first-order chi connectivity index (χ1) is 68.9. The summed E-state index contributed by atoms with van der Waals surface area (Å²) in [6, 6.07) is 116. The van der Waals surface area contributed by atoms with Gasteiger partial charge in [0.1, 0.15) is 28.0 Å². The third-order valence-corrected chi connectivity index (χ3v) is 20.9. The number of fused-ring (bicyclic) bond motifs is 12. The van der Waals surface area contributed by atoms with Crippen molar-refractivity contribution in [1.82, 2.24) is 59.8 Å². The average Bonchev–Trinajstić information content (AvgIpc) is 1.59. The minimum atomic E-state index is -2.50. The van der Waals surface area contributed by atoms with Crippen molar-refractivity contribution in [2.75, 3.05) is 0 Å². The predicted octanol–water partition coefficient (Wildman–Crippen LogP) is 28.5. The minimum absolute atomic E-state index is 0. The van der Waals surface area contributed by atoms with Crippen molar-refractivity contribution >= 4 is 88.3 Å². The van der Waals surface area contributed by atoms with Gasteiger partial charge in [-0.25, -0.2) is 0 Å². The van der Waals surface area contributed by atoms with Crippen LogP contribution >= 0.6 is 0 Å². The standard InChI is InChI=1S/C20H17N2O.3C16H9N2O.C13H12N.3C12H10N.4Ir/c1-12(2)14-8-10-22-18-16-6-4-5-15(19(16)23-20(14)18)17-11-13(3)7-9-21-17;1-2-7-15-12(5-1)13-9-11(10-18-16(13)19-15)14-6-3-4-8-17-14;1-2-7-14-12(5-1)16-15(19-14)9-11(10-18-16)13-6-3-4-8-17-13;1-2-8-17-13(4-1)11-6-7-12-15(10-11)19-14-5-3-9-18-16(12)14;1-10-8-13(14-9-11(10)2)12-6-4-3-5-7-12;3*1-10-7-8-12(13-9-10)11-5-3-2-4-6-11;;;;/h4,6-12H,1-3H3;2*1-9H;1-5,7-10H;3-6,8-9H,1-2H3;3*2-5,7-9H,1H3;;;;/q8*-1;;;;/i;;;;1D3,2D3;1D3;;;;;;. The topological polar surface area (TPSA) is 207 Å². The number of hydrogen-bond donors (Lipinski definition) is 0. The third-order valence-electron chi connectivity index (χ3n) is 20.9. The fourth-order valence-electron chi connectivity index (χ4n) is 14.2. The molecule has 16 heterocycles. The molecule has 0 N–H and O–H groups in total. The SMILES string of the molecule is Cc1ccc(-c2[c-]cccc2)nc1.Cc1ccc(-c2[c-]cccc2)nc1.Cc1ccnc(-c2[c-]ccc3c2oc2c(C(C)C)ccnc23)c1.[2H]C([2H])([2H])c1ccc(-c2[c-]cccc2)nc1.[2H]C([2H])([2H])c1cnc(-c2[c-]cccc2)cc1C([2H])([2H])[2H].[Ir].[Ir].[Ir].[Ir].[c-]1cc2c(cc1-c1ccccn1)oc1cccnc12.[c-]1nc2c(cc1-c1ccccn1)oc1ccccc12.[c-]1nc2oc3ccccc3c2cc1-c1ccccn1. The van der Waals surface area contributed by atoms with Crippen molar-refractivity contribution in [1.29, 1.82) is 0 Å². The Morgan fingerprint density at radius 2 is 0.759 bits per heavy atom. The van der Waals surface area contributed by atoms with Crippen LogP contribution in [0, 0.1) is 90.1 Å². The van der Waals surface area contributed by atoms with Gasteiger partial charge >= 0.3 is 0 Å². The fourth-order valence-corrected chi connectivity index (χ4v) is 14.2. The summed E-state index contributed by atoms with van der Waals surface area (Å²) in [5, 5.41) is 5.07. The molecule has 0 aliphatic carbocycles. The van der Waals surface area contributed by atoms with Crippen molar-refractivity contribution < 1.29 is 110 Å². The normalized spacial score (nSPS) is 11.7. The molecule has 682 valence electrons. The zero-order valence-corrected chi connectivity index (χ0v) is 83.7. The van der Waals surface area contributed by atoms with E-state index in [9.17, 15) is 0 Å². The molecule has 0 aliphatic heterocycles. The molecule has 0 unspecified atom stereocenters. The van der Waals surface area contributed by atoms with Crippen molar-refractivity contribution in [3.8, 4) is 90.1 Å². The van der Waals surface area contributed by atoms with E-state index in [2.05, 4.69) is 148 Å². The van der Waals surface area contributed by atoms with Crippen molar-refractivity contribution in [3.63, 3.8) is 0 Å². The van der Waals surface area contributed by atoms with E-state index in [-0.39, 0.29) is 97.1 Å². The summed E-state index contributed by atoms with van der Waals surface area (Å²) in [6.07, 6.45) is 23.0. The van der Waals surface area contributed by atoms with Gasteiger partial charge in [0.25, 0.3) is 0 Å². The van der Waals surface area contributed by atoms with Crippen LogP contribution in [0.2, 0.25) is 0 Å². The molecule has 16 aromatic heterocycles. The first-order valence-electron chi connectivity index (χ1n) is 47.1. The average molecular weight is 2500 g/mol. The summed E-state index contributed by atoms with van der Waals surface area (Å²) in [6.45, 7) is 3.35. The van der Waals surface area contributed by atoms with Crippen molar-refractivity contribution in [2.24, 2.45) is 0 Å². The Hall–Kier alpha value is -14.6. The smallest absolute Gasteiger partial charge is 0.142 e. The van der Waals surface area contributed by atoms with Gasteiger partial charge in [-0.05, 0) is 204 Å². The molecule has 16 nitrogen and oxygen atoms in total. The Bertz CT molecular complexity index is 8130. The first-order valence-corrected chi connectivity index (χ1v) is 42.6. The van der Waals surface area contributed by atoms with Crippen LogP contribution in [0.1, 0.15) is 71.0 Å². The van der Waals surface area contributed by atoms with Gasteiger partial charge in [0, 0.05) is 171 Å². The maximum absolute atomic E-state index is 7.50. The van der Waals surface area contributed by atoms with Gasteiger partial charge in [-0.3, -0.25) is 9.97 Å². The molecule has 0 spiro atoms. The molecule has 24 aromatic rings. The number of para-hydroxylation sites is 2. The molecule has 0 bridgehead atoms. The van der Waals surface area contributed by atoms with Crippen LogP contribution in [0.5, 0.6) is 0 Å². The number of aryl methyl sites for hydroxylation is 6. The summed E-state index contributed by atoms with van der Waals surface area (Å²) in [5.74, 6) is 0.380. The maximum atomic E-state index is 7.50. The van der Waals surface area contributed by atoms with Crippen molar-refractivity contribution in [2.45, 2.75) is 61.1 Å². The van der Waals surface area contributed by atoms with Crippen LogP contribution in [0.4, 0.5) is 0 Å². The molecular formula is C117H86Ir4N12O4-8. The largest absolute Gasteiger partial charge is 0.499 e. The Morgan fingerprint density at radius 1 is 0.270 bits per heavy atom. The van der Waals surface area contributed by atoms with E-state index in [0.717, 1.165) is 173 Å². The third kappa shape index (κ3) is 25.1. The van der Waals surface area contributed by atoms with E-state index >= 15 is 0 Å². The number of rotatable bonds is 9. The number of pyridine rings is 12. The van der Waals surface area contributed by atoms with Gasteiger partial charge in [-0.2, -0.15) is 0 Å². The van der Waals surface area contributed by atoms with Crippen LogP contribution in [-0.2, 0) is 80.4 Å². The van der Waals surface area contributed by atoms with Gasteiger partial charge in [0.05, 0.1) is 27.8 Å². The van der Waals surface area contributed by atoms with E-state index in [1.165, 1.54) is 29.0 Å². The van der Waals surface area contributed by atoms with Crippen molar-refractivity contribution in [3.05, 3.63) is 459 Å². The van der Waals surface area contributed by atoms with Gasteiger partial charge in [-0.15, -0.1) is 197 Å². The molecule has 0 amide bonds. The molecule has 4 radical (unpaired) electrons. The predicted molar refractivity (Wildman–Crippen MR) is 531 cm³/mol. The molecule has 8 aromatic carbocycles. The maximum Gasteiger partial charge on any atom is 0.142 e. The number of hydrogen-bond acceptors (Lipinski definition) is 16. The Morgan fingerprint density at radius 3 is 1.31 bits per heavy atom. The number of nitrogens with zero attached hydrogens (tertiary/aromatic N) is 12. The van der Waals surface area contributed by atoms with E-state index in [1.807, 2.05) is 281 Å². The summed E-state index contributed by atoms with van der Waals surface area (Å²) < 4.78 is 89.9. The van der Waals surface area contributed by atoms with Gasteiger partial charge in [0.2, 0.25) is 0 Å².